The zero-order valence-electron chi connectivity index (χ0n) is 33.1. The first-order valence-corrected chi connectivity index (χ1v) is 20.9. The van der Waals surface area contributed by atoms with Crippen molar-refractivity contribution < 1.29 is 43.7 Å². The van der Waals surface area contributed by atoms with Crippen molar-refractivity contribution in [3.05, 3.63) is 76.9 Å². The number of thiocarbonyl (C=S) groups is 1. The van der Waals surface area contributed by atoms with Crippen molar-refractivity contribution in [2.24, 2.45) is 9.98 Å². The highest BCUT2D eigenvalue weighted by Crippen LogP contribution is 2.57. The Morgan fingerprint density at radius 2 is 1.67 bits per heavy atom. The van der Waals surface area contributed by atoms with E-state index >= 15 is 0 Å². The number of unbranched alkanes of at least 4 members (excludes halogenated alkanes) is 3. The molecule has 0 saturated carbocycles. The molecule has 0 radical (unpaired) electrons. The van der Waals surface area contributed by atoms with Gasteiger partial charge in [0.15, 0.2) is 10.7 Å². The topological polar surface area (TPSA) is 232 Å². The fourth-order valence-corrected chi connectivity index (χ4v) is 8.83. The summed E-state index contributed by atoms with van der Waals surface area (Å²) >= 11 is 5.56. The number of nitrogens with one attached hydrogen (secondary N) is 5. The van der Waals surface area contributed by atoms with Crippen LogP contribution in [0.5, 0.6) is 23.0 Å². The number of aromatic hydroxyl groups is 2. The highest BCUT2D eigenvalue weighted by atomic mass is 32.1. The SMILES string of the molecule is O=C1CC[C@@H](C(=O)N[C@@H](CC2C=NC=N2)C(=O)NC(=O)[C@@H]2CCCN2CCCCCCNC(=S)Nc2ccc3c(c2)C(=O)OC32c3ccc(O)cc3Oc3cc(O)ccc32)N1. The number of carbonyl (C=O) groups is 5. The second-order valence-electron chi connectivity index (χ2n) is 15.7. The van der Waals surface area contributed by atoms with Gasteiger partial charge in [0.05, 0.1) is 17.6 Å². The molecule has 0 aromatic heterocycles. The number of phenols is 2. The molecule has 0 aliphatic carbocycles. The lowest BCUT2D eigenvalue weighted by Gasteiger charge is -2.36. The number of anilines is 1. The maximum atomic E-state index is 13.5. The summed E-state index contributed by atoms with van der Waals surface area (Å²) < 4.78 is 12.2. The lowest BCUT2D eigenvalue weighted by molar-refractivity contribution is -0.136. The molecule has 7 N–H and O–H groups in total. The van der Waals surface area contributed by atoms with Crippen LogP contribution in [-0.2, 0) is 29.5 Å². The molecule has 8 rings (SSSR count). The first-order valence-electron chi connectivity index (χ1n) is 20.5. The van der Waals surface area contributed by atoms with Gasteiger partial charge in [-0.3, -0.25) is 34.4 Å². The third kappa shape index (κ3) is 8.77. The van der Waals surface area contributed by atoms with Crippen LogP contribution in [0, 0.1) is 0 Å². The molecule has 3 aromatic carbocycles. The normalized spacial score (nSPS) is 20.8. The first-order chi connectivity index (χ1) is 29.5. The largest absolute Gasteiger partial charge is 0.508 e. The molecule has 1 spiro atoms. The number of nitrogens with zero attached hydrogens (tertiary/aromatic N) is 3. The van der Waals surface area contributed by atoms with E-state index in [4.69, 9.17) is 21.7 Å². The molecule has 2 saturated heterocycles. The summed E-state index contributed by atoms with van der Waals surface area (Å²) in [6, 6.07) is 11.9. The Labute approximate surface area is 356 Å². The van der Waals surface area contributed by atoms with Crippen molar-refractivity contribution in [3.63, 3.8) is 0 Å². The van der Waals surface area contributed by atoms with E-state index in [1.165, 1.54) is 30.6 Å². The minimum atomic E-state index is -1.35. The van der Waals surface area contributed by atoms with Gasteiger partial charge in [0, 0.05) is 60.1 Å². The van der Waals surface area contributed by atoms with Gasteiger partial charge < -0.3 is 41.0 Å². The van der Waals surface area contributed by atoms with Crippen LogP contribution in [0.2, 0.25) is 0 Å². The molecule has 4 amide bonds. The molecule has 0 bridgehead atoms. The Bertz CT molecular complexity index is 2270. The molecule has 5 aliphatic rings. The second kappa shape index (κ2) is 17.7. The zero-order chi connectivity index (χ0) is 42.7. The Hall–Kier alpha value is -6.40. The Kier molecular flexibility index (Phi) is 12.0. The highest BCUT2D eigenvalue weighted by molar-refractivity contribution is 7.80. The fraction of sp³-hybridized carbons (Fsp3) is 0.395. The molecular weight excluding hydrogens is 805 g/mol. The minimum Gasteiger partial charge on any atom is -0.508 e. The summed E-state index contributed by atoms with van der Waals surface area (Å²) in [6.07, 6.45) is 8.66. The van der Waals surface area contributed by atoms with Gasteiger partial charge in [0.25, 0.3) is 0 Å². The van der Waals surface area contributed by atoms with Crippen LogP contribution in [0.25, 0.3) is 0 Å². The number of aliphatic imine (C=N–C) groups is 2. The maximum absolute atomic E-state index is 13.5. The van der Waals surface area contributed by atoms with Crippen LogP contribution >= 0.6 is 12.2 Å². The predicted molar refractivity (Wildman–Crippen MR) is 227 cm³/mol. The van der Waals surface area contributed by atoms with Crippen LogP contribution in [0.3, 0.4) is 0 Å². The summed E-state index contributed by atoms with van der Waals surface area (Å²) in [5.74, 6) is -1.69. The first kappa shape index (κ1) is 41.3. The van der Waals surface area contributed by atoms with Gasteiger partial charge in [-0.15, -0.1) is 0 Å². The van der Waals surface area contributed by atoms with E-state index < -0.39 is 53.5 Å². The van der Waals surface area contributed by atoms with Crippen LogP contribution < -0.4 is 31.3 Å². The lowest BCUT2D eigenvalue weighted by Crippen LogP contribution is -2.55. The molecule has 3 aromatic rings. The molecule has 1 unspecified atom stereocenters. The number of imide groups is 1. The van der Waals surface area contributed by atoms with Gasteiger partial charge in [-0.2, -0.15) is 0 Å². The van der Waals surface area contributed by atoms with Crippen molar-refractivity contribution >= 4 is 65.2 Å². The number of ether oxygens (including phenoxy) is 2. The lowest BCUT2D eigenvalue weighted by atomic mass is 9.77. The predicted octanol–water partition coefficient (Wildman–Crippen LogP) is 3.25. The highest BCUT2D eigenvalue weighted by Gasteiger charge is 2.53. The summed E-state index contributed by atoms with van der Waals surface area (Å²) in [4.78, 5) is 74.9. The number of fused-ring (bicyclic) bond motifs is 6. The number of hydrogen-bond donors (Lipinski definition) is 7. The molecular formula is C43H46N8O9S. The summed E-state index contributed by atoms with van der Waals surface area (Å²) in [5, 5.41) is 35.0. The Morgan fingerprint density at radius 3 is 2.38 bits per heavy atom. The average Bonchev–Trinajstić information content (AvgIpc) is 4.06. The summed E-state index contributed by atoms with van der Waals surface area (Å²) in [7, 11) is 0. The molecule has 5 aliphatic heterocycles. The van der Waals surface area contributed by atoms with E-state index in [9.17, 15) is 34.2 Å². The van der Waals surface area contributed by atoms with E-state index in [1.54, 1.807) is 30.5 Å². The molecule has 4 atom stereocenters. The van der Waals surface area contributed by atoms with E-state index in [0.717, 1.165) is 38.6 Å². The second-order valence-corrected chi connectivity index (χ2v) is 16.1. The number of amides is 4. The quantitative estimate of drug-likeness (QED) is 0.0703. The molecule has 17 nitrogen and oxygen atoms in total. The molecule has 61 heavy (non-hydrogen) atoms. The molecule has 5 heterocycles. The van der Waals surface area contributed by atoms with Crippen LogP contribution in [0.4, 0.5) is 5.69 Å². The maximum Gasteiger partial charge on any atom is 0.340 e. The van der Waals surface area contributed by atoms with E-state index in [0.29, 0.717) is 70.5 Å². The summed E-state index contributed by atoms with van der Waals surface area (Å²) in [5.41, 5.74) is 1.25. The number of likely N-dealkylation sites (tertiary alicyclic amines) is 1. The van der Waals surface area contributed by atoms with Crippen LogP contribution in [-0.4, -0.2) is 106 Å². The fourth-order valence-electron chi connectivity index (χ4n) is 8.61. The molecule has 18 heteroatoms. The third-order valence-electron chi connectivity index (χ3n) is 11.6. The minimum absolute atomic E-state index is 0.0212. The molecule has 318 valence electrons. The van der Waals surface area contributed by atoms with Crippen molar-refractivity contribution in [1.29, 1.82) is 0 Å². The Morgan fingerprint density at radius 1 is 0.934 bits per heavy atom. The van der Waals surface area contributed by atoms with E-state index in [2.05, 4.69) is 41.5 Å². The van der Waals surface area contributed by atoms with Crippen molar-refractivity contribution in [1.82, 2.24) is 26.2 Å². The van der Waals surface area contributed by atoms with Gasteiger partial charge in [-0.25, -0.2) is 9.79 Å². The van der Waals surface area contributed by atoms with Crippen molar-refractivity contribution in [2.75, 3.05) is 25.0 Å². The Balaban J connectivity index is 0.785. The van der Waals surface area contributed by atoms with Crippen LogP contribution in [0.15, 0.2) is 64.6 Å². The number of carbonyl (C=O) groups excluding carboxylic acids is 5. The van der Waals surface area contributed by atoms with Crippen molar-refractivity contribution in [2.45, 2.75) is 87.6 Å². The number of benzene rings is 3. The third-order valence-corrected chi connectivity index (χ3v) is 11.9. The smallest absolute Gasteiger partial charge is 0.340 e. The zero-order valence-corrected chi connectivity index (χ0v) is 34.0. The number of rotatable bonds is 14. The van der Waals surface area contributed by atoms with E-state index in [-0.39, 0.29) is 30.2 Å². The van der Waals surface area contributed by atoms with Crippen molar-refractivity contribution in [3.8, 4) is 23.0 Å². The number of hydrogen-bond acceptors (Lipinski definition) is 13. The molecule has 2 fully saturated rings. The van der Waals surface area contributed by atoms with Gasteiger partial charge in [0.2, 0.25) is 23.6 Å². The average molecular weight is 851 g/mol. The van der Waals surface area contributed by atoms with Gasteiger partial charge in [0.1, 0.15) is 41.4 Å². The number of phenolic OH excluding ortho intramolecular Hbond substituents is 2. The van der Waals surface area contributed by atoms with Crippen LogP contribution in [0.1, 0.15) is 84.8 Å². The van der Waals surface area contributed by atoms with Gasteiger partial charge in [-0.05, 0) is 93.8 Å². The number of esters is 1. The summed E-state index contributed by atoms with van der Waals surface area (Å²) in [6.45, 7) is 2.06. The van der Waals surface area contributed by atoms with Gasteiger partial charge >= 0.3 is 5.97 Å². The standard InChI is InChI=1S/C43H46N8O9S/c52-26-8-11-30-35(20-26)59-36-21-27(53)9-12-31(36)43(30)29-10-7-24(18-28(29)41(58)60-43)47-42(61)45-15-3-1-2-4-16-51-17-5-6-34(51)40(57)50-39(56)33(19-25-22-44-23-46-25)49-38(55)32-13-14-37(54)48-32/h7-12,18,20-23,25,32-34,52-53H,1-6,13-17,19H2,(H,48,54)(H,49,55)(H2,45,47,61)(H,50,56,57)/t25?,32-,33-,34-/m0/s1. The van der Waals surface area contributed by atoms with Gasteiger partial charge in [-0.1, -0.05) is 18.9 Å². The monoisotopic (exact) mass is 850 g/mol. The van der Waals surface area contributed by atoms with E-state index in [1.807, 2.05) is 6.07 Å².